The van der Waals surface area contributed by atoms with E-state index in [1.165, 1.54) is 11.1 Å². The van der Waals surface area contributed by atoms with Crippen LogP contribution in [0.4, 0.5) is 0 Å². The molecule has 2 fully saturated rings. The van der Waals surface area contributed by atoms with Crippen LogP contribution in [0.1, 0.15) is 30.4 Å². The molecule has 1 unspecified atom stereocenters. The van der Waals surface area contributed by atoms with Crippen LogP contribution in [-0.2, 0) is 4.79 Å². The molecule has 0 radical (unpaired) electrons. The first-order valence-electron chi connectivity index (χ1n) is 8.69. The lowest BCUT2D eigenvalue weighted by Crippen LogP contribution is -2.48. The van der Waals surface area contributed by atoms with E-state index in [0.717, 1.165) is 51.2 Å². The summed E-state index contributed by atoms with van der Waals surface area (Å²) in [7, 11) is 1.94. The minimum atomic E-state index is -0.119. The molecule has 0 aromatic heterocycles. The number of amides is 1. The van der Waals surface area contributed by atoms with Crippen molar-refractivity contribution in [2.75, 3.05) is 39.8 Å². The molecule has 2 aliphatic heterocycles. The number of aryl methyl sites for hydroxylation is 1. The molecule has 4 heteroatoms. The van der Waals surface area contributed by atoms with Gasteiger partial charge in [-0.2, -0.15) is 0 Å². The molecule has 4 nitrogen and oxygen atoms in total. The number of nitrogens with zero attached hydrogens (tertiary/aromatic N) is 2. The van der Waals surface area contributed by atoms with Gasteiger partial charge >= 0.3 is 0 Å². The average Bonchev–Trinajstić information content (AvgIpc) is 2.93. The lowest BCUT2D eigenvalue weighted by molar-refractivity contribution is -0.143. The Labute approximate surface area is 139 Å². The topological polar surface area (TPSA) is 32.8 Å². The van der Waals surface area contributed by atoms with Gasteiger partial charge in [0.25, 0.3) is 0 Å². The molecule has 1 aromatic carbocycles. The highest BCUT2D eigenvalue weighted by Crippen LogP contribution is 2.39. The van der Waals surface area contributed by atoms with Gasteiger partial charge in [-0.05, 0) is 56.8 Å². The van der Waals surface area contributed by atoms with E-state index in [4.69, 9.17) is 4.74 Å². The number of piperidine rings is 1. The number of hydrogen-bond acceptors (Lipinski definition) is 3. The molecular formula is C19H28N2O2. The highest BCUT2D eigenvalue weighted by atomic mass is 16.5. The molecule has 2 heterocycles. The summed E-state index contributed by atoms with van der Waals surface area (Å²) in [5, 5.41) is 0. The summed E-state index contributed by atoms with van der Waals surface area (Å²) in [4.78, 5) is 16.8. The van der Waals surface area contributed by atoms with Crippen molar-refractivity contribution in [1.82, 2.24) is 9.80 Å². The van der Waals surface area contributed by atoms with Crippen molar-refractivity contribution in [3.8, 4) is 5.75 Å². The Hall–Kier alpha value is -1.55. The van der Waals surface area contributed by atoms with Gasteiger partial charge in [-0.15, -0.1) is 0 Å². The van der Waals surface area contributed by atoms with Gasteiger partial charge in [-0.3, -0.25) is 9.69 Å². The van der Waals surface area contributed by atoms with Crippen LogP contribution in [0.25, 0.3) is 0 Å². The summed E-state index contributed by atoms with van der Waals surface area (Å²) in [6, 6.07) is 6.18. The zero-order valence-corrected chi connectivity index (χ0v) is 14.6. The second-order valence-electron chi connectivity index (χ2n) is 7.18. The maximum absolute atomic E-state index is 12.5. The van der Waals surface area contributed by atoms with Crippen LogP contribution in [0.3, 0.4) is 0 Å². The normalized spacial score (nSPS) is 25.3. The van der Waals surface area contributed by atoms with E-state index in [-0.39, 0.29) is 5.41 Å². The molecule has 0 N–H and O–H groups in total. The molecule has 2 aliphatic rings. The lowest BCUT2D eigenvalue weighted by atomic mass is 9.78. The first-order valence-corrected chi connectivity index (χ1v) is 8.69. The van der Waals surface area contributed by atoms with Gasteiger partial charge in [0, 0.05) is 26.7 Å². The van der Waals surface area contributed by atoms with Crippen LogP contribution in [0, 0.1) is 19.3 Å². The molecule has 0 aliphatic carbocycles. The monoisotopic (exact) mass is 316 g/mol. The number of hydrogen-bond donors (Lipinski definition) is 0. The minimum Gasteiger partial charge on any atom is -0.492 e. The van der Waals surface area contributed by atoms with Gasteiger partial charge in [0.1, 0.15) is 12.4 Å². The predicted molar refractivity (Wildman–Crippen MR) is 91.8 cm³/mol. The molecule has 0 saturated carbocycles. The third-order valence-corrected chi connectivity index (χ3v) is 5.60. The second-order valence-corrected chi connectivity index (χ2v) is 7.18. The molecule has 1 aromatic rings. The highest BCUT2D eigenvalue weighted by Gasteiger charge is 2.47. The minimum absolute atomic E-state index is 0.119. The zero-order chi connectivity index (χ0) is 16.4. The van der Waals surface area contributed by atoms with Crippen LogP contribution >= 0.6 is 0 Å². The first kappa shape index (κ1) is 16.3. The van der Waals surface area contributed by atoms with Crippen LogP contribution in [0.2, 0.25) is 0 Å². The maximum Gasteiger partial charge on any atom is 0.229 e. The fourth-order valence-electron chi connectivity index (χ4n) is 3.96. The molecule has 3 rings (SSSR count). The Kier molecular flexibility index (Phi) is 4.62. The summed E-state index contributed by atoms with van der Waals surface area (Å²) in [5.74, 6) is 1.33. The summed E-state index contributed by atoms with van der Waals surface area (Å²) < 4.78 is 5.97. The quantitative estimate of drug-likeness (QED) is 0.856. The second kappa shape index (κ2) is 6.52. The molecular weight excluding hydrogens is 288 g/mol. The van der Waals surface area contributed by atoms with Crippen LogP contribution in [-0.4, -0.2) is 55.5 Å². The molecule has 1 atom stereocenters. The molecule has 1 amide bonds. The summed E-state index contributed by atoms with van der Waals surface area (Å²) >= 11 is 0. The Morgan fingerprint density at radius 2 is 2.04 bits per heavy atom. The van der Waals surface area contributed by atoms with E-state index in [1.807, 2.05) is 24.1 Å². The number of carbonyl (C=O) groups is 1. The number of benzene rings is 1. The van der Waals surface area contributed by atoms with Crippen molar-refractivity contribution in [2.45, 2.75) is 33.1 Å². The Bertz CT molecular complexity index is 587. The highest BCUT2D eigenvalue weighted by molar-refractivity contribution is 5.83. The van der Waals surface area contributed by atoms with Gasteiger partial charge < -0.3 is 9.64 Å². The van der Waals surface area contributed by atoms with Crippen molar-refractivity contribution in [3.05, 3.63) is 29.3 Å². The Balaban J connectivity index is 1.53. The third kappa shape index (κ3) is 3.23. The number of likely N-dealkylation sites (tertiary alicyclic amines) is 2. The number of rotatable bonds is 4. The number of ether oxygens (including phenoxy) is 1. The van der Waals surface area contributed by atoms with Crippen LogP contribution < -0.4 is 4.74 Å². The van der Waals surface area contributed by atoms with Gasteiger partial charge in [-0.1, -0.05) is 12.1 Å². The SMILES string of the molecule is Cc1cccc(OCCN2CCC3(CCCN(C)C3=O)C2)c1C. The number of carbonyl (C=O) groups excluding carboxylic acids is 1. The average molecular weight is 316 g/mol. The van der Waals surface area contributed by atoms with Crippen molar-refractivity contribution in [1.29, 1.82) is 0 Å². The third-order valence-electron chi connectivity index (χ3n) is 5.60. The van der Waals surface area contributed by atoms with E-state index in [1.54, 1.807) is 0 Å². The molecule has 1 spiro atoms. The Morgan fingerprint density at radius 1 is 1.22 bits per heavy atom. The molecule has 2 saturated heterocycles. The summed E-state index contributed by atoms with van der Waals surface area (Å²) in [6.45, 7) is 8.61. The van der Waals surface area contributed by atoms with Crippen molar-refractivity contribution in [2.24, 2.45) is 5.41 Å². The fraction of sp³-hybridized carbons (Fsp3) is 0.632. The molecule has 0 bridgehead atoms. The van der Waals surface area contributed by atoms with E-state index < -0.39 is 0 Å². The molecule has 23 heavy (non-hydrogen) atoms. The van der Waals surface area contributed by atoms with Gasteiger partial charge in [0.15, 0.2) is 0 Å². The van der Waals surface area contributed by atoms with E-state index >= 15 is 0 Å². The van der Waals surface area contributed by atoms with E-state index in [0.29, 0.717) is 12.5 Å². The van der Waals surface area contributed by atoms with E-state index in [2.05, 4.69) is 24.8 Å². The predicted octanol–water partition coefficient (Wildman–Crippen LogP) is 2.63. The van der Waals surface area contributed by atoms with Gasteiger partial charge in [0.05, 0.1) is 5.41 Å². The van der Waals surface area contributed by atoms with E-state index in [9.17, 15) is 4.79 Å². The van der Waals surface area contributed by atoms with Crippen molar-refractivity contribution in [3.63, 3.8) is 0 Å². The van der Waals surface area contributed by atoms with Crippen LogP contribution in [0.5, 0.6) is 5.75 Å². The first-order chi connectivity index (χ1) is 11.0. The smallest absolute Gasteiger partial charge is 0.229 e. The fourth-order valence-corrected chi connectivity index (χ4v) is 3.96. The maximum atomic E-state index is 12.5. The van der Waals surface area contributed by atoms with Gasteiger partial charge in [0.2, 0.25) is 5.91 Å². The van der Waals surface area contributed by atoms with Crippen molar-refractivity contribution >= 4 is 5.91 Å². The standard InChI is InChI=1S/C19H28N2O2/c1-15-6-4-7-17(16(15)2)23-13-12-21-11-9-19(14-21)8-5-10-20(3)18(19)22/h4,6-7H,5,8-14H2,1-3H3. The largest absolute Gasteiger partial charge is 0.492 e. The summed E-state index contributed by atoms with van der Waals surface area (Å²) in [5.41, 5.74) is 2.36. The van der Waals surface area contributed by atoms with Crippen molar-refractivity contribution < 1.29 is 9.53 Å². The zero-order valence-electron chi connectivity index (χ0n) is 14.6. The van der Waals surface area contributed by atoms with Crippen LogP contribution in [0.15, 0.2) is 18.2 Å². The lowest BCUT2D eigenvalue weighted by Gasteiger charge is -2.37. The summed E-state index contributed by atoms with van der Waals surface area (Å²) in [6.07, 6.45) is 3.18. The van der Waals surface area contributed by atoms with Gasteiger partial charge in [-0.25, -0.2) is 0 Å². The molecule has 126 valence electrons. The Morgan fingerprint density at radius 3 is 2.87 bits per heavy atom.